The molecule has 2 saturated heterocycles. The van der Waals surface area contributed by atoms with Crippen LogP contribution in [-0.2, 0) is 0 Å². The van der Waals surface area contributed by atoms with Gasteiger partial charge in [0.25, 0.3) is 0 Å². The maximum atomic E-state index is 11.9. The monoisotopic (exact) mass is 320 g/mol. The molecular weight excluding hydrogens is 314 g/mol. The second kappa shape index (κ2) is 3.60. The summed E-state index contributed by atoms with van der Waals surface area (Å²) < 4.78 is 3.15. The van der Waals surface area contributed by atoms with Gasteiger partial charge < -0.3 is 0 Å². The average molecular weight is 322 g/mol. The molecule has 0 aromatic carbocycles. The van der Waals surface area contributed by atoms with Crippen LogP contribution in [0.1, 0.15) is 20.3 Å². The smallest absolute Gasteiger partial charge is 0.245 e. The Hall–Kier alpha value is -0.300. The van der Waals surface area contributed by atoms with E-state index in [1.54, 1.807) is 13.8 Å². The lowest BCUT2D eigenvalue weighted by Gasteiger charge is -2.58. The van der Waals surface area contributed by atoms with Gasteiger partial charge in [0.2, 0.25) is 0 Å². The Labute approximate surface area is 118 Å². The molecule has 0 radical (unpaired) electrons. The fourth-order valence-corrected chi connectivity index (χ4v) is 3.04. The second-order valence-electron chi connectivity index (χ2n) is 4.30. The average Bonchev–Trinajstić information content (AvgIpc) is 2.29. The zero-order valence-electron chi connectivity index (χ0n) is 8.82. The first-order chi connectivity index (χ1) is 7.66. The summed E-state index contributed by atoms with van der Waals surface area (Å²) in [6.07, 6.45) is 0.178. The van der Waals surface area contributed by atoms with E-state index in [1.165, 1.54) is 0 Å². The van der Waals surface area contributed by atoms with Gasteiger partial charge in [-0.25, -0.2) is 27.3 Å². The molecular formula is C7H8Cl4N4O2. The predicted octanol–water partition coefficient (Wildman–Crippen LogP) is 2.90. The van der Waals surface area contributed by atoms with Crippen LogP contribution >= 0.6 is 47.1 Å². The van der Waals surface area contributed by atoms with Crippen molar-refractivity contribution in [1.82, 2.24) is 17.7 Å². The fraction of sp³-hybridized carbons (Fsp3) is 0.714. The molecule has 0 saturated carbocycles. The van der Waals surface area contributed by atoms with Crippen LogP contribution in [0.5, 0.6) is 0 Å². The lowest BCUT2D eigenvalue weighted by atomic mass is 9.92. The summed E-state index contributed by atoms with van der Waals surface area (Å²) >= 11 is 23.4. The lowest BCUT2D eigenvalue weighted by molar-refractivity contribution is -0.0615. The number of amides is 4. The maximum Gasteiger partial charge on any atom is 0.353 e. The van der Waals surface area contributed by atoms with Gasteiger partial charge in [0.1, 0.15) is 0 Å². The first kappa shape index (κ1) is 13.1. The first-order valence-electron chi connectivity index (χ1n) is 4.58. The number of carbonyl (C=O) groups excluding carboxylic acids is 2. The number of hydrogen-bond acceptors (Lipinski definition) is 2. The molecule has 0 aromatic heterocycles. The van der Waals surface area contributed by atoms with Crippen molar-refractivity contribution in [3.05, 3.63) is 0 Å². The standard InChI is InChI=1S/C7H8Cl4N4O2/c1-6-3-7(2,14(10)4(16)12(6)8)15(11)5(17)13(6)9/h3H2,1-2H3. The summed E-state index contributed by atoms with van der Waals surface area (Å²) in [6, 6.07) is -1.40. The Balaban J connectivity index is 2.57. The predicted molar refractivity (Wildman–Crippen MR) is 63.0 cm³/mol. The highest BCUT2D eigenvalue weighted by atomic mass is 35.5. The molecule has 0 unspecified atom stereocenters. The van der Waals surface area contributed by atoms with Crippen LogP contribution in [0.15, 0.2) is 0 Å². The molecule has 2 rings (SSSR count). The van der Waals surface area contributed by atoms with Crippen molar-refractivity contribution in [3.8, 4) is 0 Å². The van der Waals surface area contributed by atoms with Gasteiger partial charge in [0.15, 0.2) is 11.3 Å². The third kappa shape index (κ3) is 1.41. The minimum atomic E-state index is -1.19. The number of fused-ring (bicyclic) bond motifs is 2. The molecule has 6 nitrogen and oxygen atoms in total. The van der Waals surface area contributed by atoms with E-state index in [-0.39, 0.29) is 6.42 Å². The zero-order chi connectivity index (χ0) is 13.2. The third-order valence-corrected chi connectivity index (χ3v) is 5.07. The van der Waals surface area contributed by atoms with Gasteiger partial charge in [-0.3, -0.25) is 0 Å². The van der Waals surface area contributed by atoms with Gasteiger partial charge in [0.05, 0.1) is 0 Å². The van der Waals surface area contributed by atoms with E-state index < -0.39 is 23.4 Å². The number of rotatable bonds is 0. The summed E-state index contributed by atoms with van der Waals surface area (Å²) in [4.78, 5) is 23.7. The van der Waals surface area contributed by atoms with E-state index in [9.17, 15) is 9.59 Å². The molecule has 2 heterocycles. The van der Waals surface area contributed by atoms with Gasteiger partial charge in [-0.15, -0.1) is 0 Å². The Morgan fingerprint density at radius 3 is 1.29 bits per heavy atom. The lowest BCUT2D eigenvalue weighted by Crippen LogP contribution is -2.77. The molecule has 0 aromatic rings. The zero-order valence-corrected chi connectivity index (χ0v) is 11.8. The summed E-state index contributed by atoms with van der Waals surface area (Å²) in [5.74, 6) is 0. The van der Waals surface area contributed by atoms with Crippen LogP contribution in [0, 0.1) is 0 Å². The minimum absolute atomic E-state index is 0.178. The van der Waals surface area contributed by atoms with Crippen LogP contribution in [0.4, 0.5) is 9.59 Å². The Morgan fingerprint density at radius 2 is 1.06 bits per heavy atom. The summed E-state index contributed by atoms with van der Waals surface area (Å²) in [6.45, 7) is 3.10. The van der Waals surface area contributed by atoms with E-state index in [4.69, 9.17) is 47.1 Å². The van der Waals surface area contributed by atoms with E-state index in [0.717, 1.165) is 17.7 Å². The van der Waals surface area contributed by atoms with Gasteiger partial charge >= 0.3 is 12.1 Å². The molecule has 4 amide bonds. The minimum Gasteiger partial charge on any atom is -0.245 e. The van der Waals surface area contributed by atoms with Crippen molar-refractivity contribution in [2.45, 2.75) is 31.6 Å². The highest BCUT2D eigenvalue weighted by Gasteiger charge is 2.64. The van der Waals surface area contributed by atoms with Crippen LogP contribution in [-0.4, -0.2) is 41.1 Å². The Kier molecular flexibility index (Phi) is 2.78. The van der Waals surface area contributed by atoms with Crippen LogP contribution in [0.3, 0.4) is 0 Å². The molecule has 17 heavy (non-hydrogen) atoms. The summed E-state index contributed by atoms with van der Waals surface area (Å²) in [5.41, 5.74) is -2.38. The first-order valence-corrected chi connectivity index (χ1v) is 5.93. The van der Waals surface area contributed by atoms with Gasteiger partial charge in [-0.1, -0.05) is 0 Å². The molecule has 2 aliphatic heterocycles. The van der Waals surface area contributed by atoms with Crippen molar-refractivity contribution in [1.29, 1.82) is 0 Å². The Bertz CT molecular complexity index is 345. The van der Waals surface area contributed by atoms with Crippen LogP contribution in [0.2, 0.25) is 0 Å². The molecule has 0 spiro atoms. The van der Waals surface area contributed by atoms with Gasteiger partial charge in [-0.05, 0) is 13.8 Å². The van der Waals surface area contributed by atoms with Crippen molar-refractivity contribution in [3.63, 3.8) is 0 Å². The van der Waals surface area contributed by atoms with E-state index >= 15 is 0 Å². The normalized spacial score (nSPS) is 38.0. The topological polar surface area (TPSA) is 47.1 Å². The molecule has 0 atom stereocenters. The molecule has 10 heteroatoms. The fourth-order valence-electron chi connectivity index (χ4n) is 2.04. The number of hydrogen-bond donors (Lipinski definition) is 0. The van der Waals surface area contributed by atoms with E-state index in [1.807, 2.05) is 0 Å². The van der Waals surface area contributed by atoms with Gasteiger partial charge in [0, 0.05) is 53.5 Å². The van der Waals surface area contributed by atoms with Crippen molar-refractivity contribution in [2.75, 3.05) is 0 Å². The quantitative estimate of drug-likeness (QED) is 0.644. The molecule has 0 aliphatic carbocycles. The van der Waals surface area contributed by atoms with Crippen molar-refractivity contribution in [2.24, 2.45) is 0 Å². The Morgan fingerprint density at radius 1 is 0.824 bits per heavy atom. The number of nitrogens with zero attached hydrogens (tertiary/aromatic N) is 4. The maximum absolute atomic E-state index is 11.9. The molecule has 96 valence electrons. The van der Waals surface area contributed by atoms with Crippen LogP contribution in [0.25, 0.3) is 0 Å². The molecule has 2 bridgehead atoms. The molecule has 2 aliphatic rings. The van der Waals surface area contributed by atoms with Crippen molar-refractivity contribution >= 4 is 59.2 Å². The third-order valence-electron chi connectivity index (χ3n) is 3.03. The highest BCUT2D eigenvalue weighted by Crippen LogP contribution is 2.49. The second-order valence-corrected chi connectivity index (χ2v) is 5.65. The van der Waals surface area contributed by atoms with E-state index in [2.05, 4.69) is 0 Å². The SMILES string of the molecule is CC12CC(C)(N(Cl)C(=O)N1Cl)N(Cl)C(=O)N2Cl. The molecule has 2 fully saturated rings. The number of urea groups is 2. The summed E-state index contributed by atoms with van der Waals surface area (Å²) in [5, 5.41) is 0. The summed E-state index contributed by atoms with van der Waals surface area (Å²) in [7, 11) is 0. The van der Waals surface area contributed by atoms with Gasteiger partial charge in [-0.2, -0.15) is 0 Å². The number of carbonyl (C=O) groups is 2. The van der Waals surface area contributed by atoms with Crippen LogP contribution < -0.4 is 0 Å². The largest absolute Gasteiger partial charge is 0.353 e. The highest BCUT2D eigenvalue weighted by molar-refractivity contribution is 6.33. The molecule has 0 N–H and O–H groups in total. The number of halogens is 4. The van der Waals surface area contributed by atoms with Crippen molar-refractivity contribution < 1.29 is 9.59 Å². The van der Waals surface area contributed by atoms with E-state index in [0.29, 0.717) is 0 Å².